The minimum Gasteiger partial charge on any atom is -0.364 e. The topological polar surface area (TPSA) is 32.3 Å². The number of hydrogen-bond acceptors (Lipinski definition) is 2. The molecular formula is C16H20N2O. The van der Waals surface area contributed by atoms with E-state index in [0.29, 0.717) is 6.42 Å². The minimum atomic E-state index is -0.0975. The van der Waals surface area contributed by atoms with E-state index in [4.69, 9.17) is 0 Å². The maximum Gasteiger partial charge on any atom is 0.225 e. The van der Waals surface area contributed by atoms with Crippen molar-refractivity contribution in [2.75, 3.05) is 12.4 Å². The highest BCUT2D eigenvalue weighted by atomic mass is 16.2. The molecule has 1 aromatic carbocycles. The molecule has 0 saturated carbocycles. The molecule has 2 aliphatic rings. The molecule has 0 radical (unpaired) electrons. The monoisotopic (exact) mass is 256 g/mol. The summed E-state index contributed by atoms with van der Waals surface area (Å²) >= 11 is 0. The maximum absolute atomic E-state index is 12.1. The number of benzene rings is 1. The number of fused-ring (bicyclic) bond motifs is 3. The summed E-state index contributed by atoms with van der Waals surface area (Å²) in [6.45, 7) is 4.22. The van der Waals surface area contributed by atoms with E-state index < -0.39 is 0 Å². The van der Waals surface area contributed by atoms with Crippen LogP contribution in [0.1, 0.15) is 32.3 Å². The molecule has 3 rings (SSSR count). The van der Waals surface area contributed by atoms with Gasteiger partial charge in [-0.25, -0.2) is 0 Å². The van der Waals surface area contributed by atoms with Crippen LogP contribution < -0.4 is 5.32 Å². The third kappa shape index (κ3) is 1.68. The standard InChI is InChI=1S/C16H20N2O/c1-11(2)8-9-16-10-14(19)18(3)15(16)17-13-7-5-4-6-12(13)16/h4-8,15,17H,9-10H2,1-3H3/t15-,16-/m0/s1. The molecule has 2 atom stereocenters. The molecule has 0 aliphatic carbocycles. The Hall–Kier alpha value is -1.77. The van der Waals surface area contributed by atoms with E-state index in [1.807, 2.05) is 18.0 Å². The van der Waals surface area contributed by atoms with Crippen LogP contribution in [0.3, 0.4) is 0 Å². The Balaban J connectivity index is 2.09. The Morgan fingerprint density at radius 1 is 1.47 bits per heavy atom. The van der Waals surface area contributed by atoms with Crippen LogP contribution in [0.5, 0.6) is 0 Å². The Bertz CT molecular complexity index is 560. The average Bonchev–Trinajstić information content (AvgIpc) is 2.82. The van der Waals surface area contributed by atoms with Gasteiger partial charge in [-0.05, 0) is 31.9 Å². The fraction of sp³-hybridized carbons (Fsp3) is 0.438. The number of hydrogen-bond donors (Lipinski definition) is 1. The van der Waals surface area contributed by atoms with Crippen LogP contribution in [-0.2, 0) is 10.2 Å². The Morgan fingerprint density at radius 3 is 2.95 bits per heavy atom. The molecule has 0 bridgehead atoms. The molecule has 0 unspecified atom stereocenters. The average molecular weight is 256 g/mol. The predicted octanol–water partition coefficient (Wildman–Crippen LogP) is 2.89. The molecule has 1 aromatic rings. The van der Waals surface area contributed by atoms with E-state index in [1.165, 1.54) is 16.8 Å². The van der Waals surface area contributed by atoms with Gasteiger partial charge in [0.05, 0.1) is 0 Å². The van der Waals surface area contributed by atoms with Crippen molar-refractivity contribution in [3.8, 4) is 0 Å². The second-order valence-electron chi connectivity index (χ2n) is 5.92. The zero-order valence-corrected chi connectivity index (χ0v) is 11.7. The van der Waals surface area contributed by atoms with Crippen LogP contribution >= 0.6 is 0 Å². The number of para-hydroxylation sites is 1. The number of carbonyl (C=O) groups is 1. The molecule has 1 amide bonds. The van der Waals surface area contributed by atoms with E-state index >= 15 is 0 Å². The third-order valence-electron chi connectivity index (χ3n) is 4.40. The van der Waals surface area contributed by atoms with Gasteiger partial charge in [-0.15, -0.1) is 0 Å². The summed E-state index contributed by atoms with van der Waals surface area (Å²) in [5.74, 6) is 0.231. The number of nitrogens with zero attached hydrogens (tertiary/aromatic N) is 1. The van der Waals surface area contributed by atoms with Crippen molar-refractivity contribution in [2.45, 2.75) is 38.3 Å². The lowest BCUT2D eigenvalue weighted by Gasteiger charge is -2.29. The van der Waals surface area contributed by atoms with Crippen molar-refractivity contribution in [3.63, 3.8) is 0 Å². The van der Waals surface area contributed by atoms with Crippen LogP contribution in [0.2, 0.25) is 0 Å². The second kappa shape index (κ2) is 4.12. The molecule has 0 spiro atoms. The highest BCUT2D eigenvalue weighted by Crippen LogP contribution is 2.50. The zero-order chi connectivity index (χ0) is 13.6. The first kappa shape index (κ1) is 12.3. The highest BCUT2D eigenvalue weighted by molar-refractivity contribution is 5.85. The van der Waals surface area contributed by atoms with Crippen LogP contribution in [-0.4, -0.2) is 24.0 Å². The molecule has 19 heavy (non-hydrogen) atoms. The van der Waals surface area contributed by atoms with Crippen LogP contribution in [0.25, 0.3) is 0 Å². The molecule has 2 heterocycles. The second-order valence-corrected chi connectivity index (χ2v) is 5.92. The predicted molar refractivity (Wildman–Crippen MR) is 77.0 cm³/mol. The van der Waals surface area contributed by atoms with Crippen molar-refractivity contribution in [1.82, 2.24) is 4.90 Å². The van der Waals surface area contributed by atoms with E-state index in [1.54, 1.807) is 0 Å². The Morgan fingerprint density at radius 2 is 2.21 bits per heavy atom. The molecular weight excluding hydrogens is 236 g/mol. The number of rotatable bonds is 2. The van der Waals surface area contributed by atoms with Gasteiger partial charge >= 0.3 is 0 Å². The Labute approximate surface area is 114 Å². The lowest BCUT2D eigenvalue weighted by Crippen LogP contribution is -2.41. The first-order chi connectivity index (χ1) is 9.04. The van der Waals surface area contributed by atoms with Gasteiger partial charge in [-0.1, -0.05) is 29.8 Å². The van der Waals surface area contributed by atoms with E-state index in [9.17, 15) is 4.79 Å². The summed E-state index contributed by atoms with van der Waals surface area (Å²) in [5.41, 5.74) is 3.67. The van der Waals surface area contributed by atoms with Crippen molar-refractivity contribution in [3.05, 3.63) is 41.5 Å². The number of anilines is 1. The number of likely N-dealkylation sites (N-methyl/N-ethyl adjacent to an activating group) is 1. The summed E-state index contributed by atoms with van der Waals surface area (Å²) < 4.78 is 0. The number of allylic oxidation sites excluding steroid dienone is 2. The molecule has 0 aromatic heterocycles. The van der Waals surface area contributed by atoms with E-state index in [-0.39, 0.29) is 17.5 Å². The molecule has 3 nitrogen and oxygen atoms in total. The fourth-order valence-corrected chi connectivity index (χ4v) is 3.35. The van der Waals surface area contributed by atoms with Crippen molar-refractivity contribution in [1.29, 1.82) is 0 Å². The van der Waals surface area contributed by atoms with Crippen molar-refractivity contribution < 1.29 is 4.79 Å². The smallest absolute Gasteiger partial charge is 0.225 e. The van der Waals surface area contributed by atoms with E-state index in [2.05, 4.69) is 43.4 Å². The van der Waals surface area contributed by atoms with Crippen LogP contribution in [0.15, 0.2) is 35.9 Å². The maximum atomic E-state index is 12.1. The SMILES string of the molecule is CC(C)=CC[C@@]12CC(=O)N(C)[C@@H]1Nc1ccccc12. The summed E-state index contributed by atoms with van der Waals surface area (Å²) in [6, 6.07) is 8.38. The fourth-order valence-electron chi connectivity index (χ4n) is 3.35. The number of carbonyl (C=O) groups excluding carboxylic acids is 1. The molecule has 1 fully saturated rings. The zero-order valence-electron chi connectivity index (χ0n) is 11.7. The number of nitrogens with one attached hydrogen (secondary N) is 1. The highest BCUT2D eigenvalue weighted by Gasteiger charge is 2.55. The lowest BCUT2D eigenvalue weighted by molar-refractivity contribution is -0.127. The Kier molecular flexibility index (Phi) is 2.66. The number of amides is 1. The van der Waals surface area contributed by atoms with Crippen LogP contribution in [0.4, 0.5) is 5.69 Å². The van der Waals surface area contributed by atoms with Crippen LogP contribution in [0, 0.1) is 0 Å². The summed E-state index contributed by atoms with van der Waals surface area (Å²) in [7, 11) is 1.90. The number of likely N-dealkylation sites (tertiary alicyclic amines) is 1. The van der Waals surface area contributed by atoms with Crippen molar-refractivity contribution >= 4 is 11.6 Å². The first-order valence-electron chi connectivity index (χ1n) is 6.80. The van der Waals surface area contributed by atoms with Gasteiger partial charge in [0.2, 0.25) is 5.91 Å². The molecule has 1 saturated heterocycles. The molecule has 100 valence electrons. The molecule has 1 N–H and O–H groups in total. The van der Waals surface area contributed by atoms with Gasteiger partial charge in [-0.2, -0.15) is 0 Å². The summed E-state index contributed by atoms with van der Waals surface area (Å²) in [4.78, 5) is 14.0. The molecule has 2 aliphatic heterocycles. The third-order valence-corrected chi connectivity index (χ3v) is 4.40. The lowest BCUT2D eigenvalue weighted by atomic mass is 9.76. The summed E-state index contributed by atoms with van der Waals surface area (Å²) in [6.07, 6.45) is 3.86. The van der Waals surface area contributed by atoms with E-state index in [0.717, 1.165) is 6.42 Å². The normalized spacial score (nSPS) is 27.8. The minimum absolute atomic E-state index is 0.0907. The van der Waals surface area contributed by atoms with Gasteiger partial charge in [0.15, 0.2) is 0 Å². The molecule has 3 heteroatoms. The van der Waals surface area contributed by atoms with Gasteiger partial charge in [0.1, 0.15) is 6.17 Å². The van der Waals surface area contributed by atoms with Gasteiger partial charge < -0.3 is 10.2 Å². The van der Waals surface area contributed by atoms with Crippen molar-refractivity contribution in [2.24, 2.45) is 0 Å². The quantitative estimate of drug-likeness (QED) is 0.825. The largest absolute Gasteiger partial charge is 0.364 e. The van der Waals surface area contributed by atoms with Gasteiger partial charge in [0.25, 0.3) is 0 Å². The van der Waals surface area contributed by atoms with Gasteiger partial charge in [-0.3, -0.25) is 4.79 Å². The first-order valence-corrected chi connectivity index (χ1v) is 6.80. The summed E-state index contributed by atoms with van der Waals surface area (Å²) in [5, 5.41) is 3.52. The van der Waals surface area contributed by atoms with Gasteiger partial charge in [0, 0.05) is 24.6 Å².